The van der Waals surface area contributed by atoms with Gasteiger partial charge in [-0.05, 0) is 78.2 Å². The third-order valence-corrected chi connectivity index (χ3v) is 6.90. The fraction of sp³-hybridized carbons (Fsp3) is 0.152. The van der Waals surface area contributed by atoms with Crippen LogP contribution in [0, 0.1) is 5.82 Å². The number of aryl methyl sites for hydroxylation is 1. The quantitative estimate of drug-likeness (QED) is 0.176. The van der Waals surface area contributed by atoms with Crippen LogP contribution in [0.25, 0.3) is 22.5 Å². The Hall–Kier alpha value is -4.62. The molecule has 6 nitrogen and oxygen atoms in total. The van der Waals surface area contributed by atoms with Gasteiger partial charge in [-0.1, -0.05) is 48.0 Å². The lowest BCUT2D eigenvalue weighted by Crippen LogP contribution is -2.06. The van der Waals surface area contributed by atoms with E-state index in [1.807, 2.05) is 71.4 Å². The number of carboxylic acid groups (broad SMARTS) is 1. The van der Waals surface area contributed by atoms with E-state index in [0.29, 0.717) is 29.4 Å². The molecule has 0 spiro atoms. The summed E-state index contributed by atoms with van der Waals surface area (Å²) in [5.41, 5.74) is 5.62. The smallest absolute Gasteiger partial charge is 0.303 e. The van der Waals surface area contributed by atoms with Gasteiger partial charge in [0.25, 0.3) is 0 Å². The van der Waals surface area contributed by atoms with Crippen molar-refractivity contribution < 1.29 is 23.8 Å². The molecular weight excluding hydrogens is 543 g/mol. The third-order valence-electron chi connectivity index (χ3n) is 6.66. The third kappa shape index (κ3) is 6.94. The summed E-state index contributed by atoms with van der Waals surface area (Å²) in [4.78, 5) is 11.2. The lowest BCUT2D eigenvalue weighted by Gasteiger charge is -2.13. The van der Waals surface area contributed by atoms with Crippen molar-refractivity contribution >= 4 is 17.6 Å². The number of rotatable bonds is 11. The molecule has 0 aliphatic carbocycles. The van der Waals surface area contributed by atoms with E-state index in [2.05, 4.69) is 0 Å². The molecule has 0 amide bonds. The predicted octanol–water partition coefficient (Wildman–Crippen LogP) is 7.66. The van der Waals surface area contributed by atoms with Gasteiger partial charge in [0.05, 0.1) is 25.0 Å². The fourth-order valence-corrected chi connectivity index (χ4v) is 4.83. The number of halogens is 2. The van der Waals surface area contributed by atoms with Crippen LogP contribution in [0.2, 0.25) is 5.02 Å². The van der Waals surface area contributed by atoms with Gasteiger partial charge < -0.3 is 14.6 Å². The molecule has 1 heterocycles. The van der Waals surface area contributed by atoms with Gasteiger partial charge >= 0.3 is 5.97 Å². The highest BCUT2D eigenvalue weighted by atomic mass is 35.5. The van der Waals surface area contributed by atoms with E-state index < -0.39 is 5.97 Å². The number of methoxy groups -OCH3 is 1. The summed E-state index contributed by atoms with van der Waals surface area (Å²) in [7, 11) is 1.63. The lowest BCUT2D eigenvalue weighted by molar-refractivity contribution is -0.136. The number of hydrogen-bond donors (Lipinski definition) is 1. The predicted molar refractivity (Wildman–Crippen MR) is 157 cm³/mol. The molecule has 0 saturated carbocycles. The number of carboxylic acids is 1. The maximum atomic E-state index is 13.8. The van der Waals surface area contributed by atoms with Crippen molar-refractivity contribution in [3.8, 4) is 34.0 Å². The second-order valence-corrected chi connectivity index (χ2v) is 9.97. The van der Waals surface area contributed by atoms with E-state index in [9.17, 15) is 14.3 Å². The Kier molecular flexibility index (Phi) is 8.65. The van der Waals surface area contributed by atoms with E-state index in [1.54, 1.807) is 25.3 Å². The summed E-state index contributed by atoms with van der Waals surface area (Å²) in [5.74, 6) is 0.132. The van der Waals surface area contributed by atoms with Gasteiger partial charge in [0.1, 0.15) is 23.9 Å². The monoisotopic (exact) mass is 570 g/mol. The van der Waals surface area contributed by atoms with Crippen LogP contribution in [0.15, 0.2) is 97.1 Å². The van der Waals surface area contributed by atoms with Crippen LogP contribution in [-0.4, -0.2) is 28.0 Å². The summed E-state index contributed by atoms with van der Waals surface area (Å²) >= 11 is 6.16. The molecule has 0 unspecified atom stereocenters. The molecule has 41 heavy (non-hydrogen) atoms. The first-order valence-electron chi connectivity index (χ1n) is 13.1. The average Bonchev–Trinajstić information content (AvgIpc) is 3.39. The van der Waals surface area contributed by atoms with Crippen LogP contribution < -0.4 is 9.47 Å². The zero-order valence-corrected chi connectivity index (χ0v) is 23.1. The summed E-state index contributed by atoms with van der Waals surface area (Å²) in [6.45, 7) is 0.697. The number of aliphatic carboxylic acids is 1. The van der Waals surface area contributed by atoms with Crippen molar-refractivity contribution in [2.45, 2.75) is 26.0 Å². The zero-order chi connectivity index (χ0) is 28.8. The summed E-state index contributed by atoms with van der Waals surface area (Å²) in [6.07, 6.45) is 0.370. The molecule has 0 atom stereocenters. The number of benzene rings is 4. The summed E-state index contributed by atoms with van der Waals surface area (Å²) in [6, 6.07) is 29.0. The van der Waals surface area contributed by atoms with E-state index in [4.69, 9.17) is 26.2 Å². The Morgan fingerprint density at radius 3 is 2.49 bits per heavy atom. The normalized spacial score (nSPS) is 10.9. The minimum absolute atomic E-state index is 0.00519. The topological polar surface area (TPSA) is 73.6 Å². The van der Waals surface area contributed by atoms with Gasteiger partial charge in [-0.25, -0.2) is 4.39 Å². The first-order valence-corrected chi connectivity index (χ1v) is 13.5. The molecule has 1 N–H and O–H groups in total. The summed E-state index contributed by atoms with van der Waals surface area (Å²) < 4.78 is 27.5. The van der Waals surface area contributed by atoms with Gasteiger partial charge in [0.15, 0.2) is 0 Å². The van der Waals surface area contributed by atoms with E-state index in [0.717, 1.165) is 39.3 Å². The zero-order valence-electron chi connectivity index (χ0n) is 22.4. The van der Waals surface area contributed by atoms with E-state index in [-0.39, 0.29) is 18.8 Å². The van der Waals surface area contributed by atoms with E-state index in [1.165, 1.54) is 12.1 Å². The maximum Gasteiger partial charge on any atom is 0.303 e. The van der Waals surface area contributed by atoms with Crippen LogP contribution in [0.3, 0.4) is 0 Å². The summed E-state index contributed by atoms with van der Waals surface area (Å²) in [5, 5.41) is 14.8. The standard InChI is InChI=1S/C33H28ClFN2O4/c1-40-31-8-3-2-6-25(31)20-37-30(24-11-13-27(35)14-12-24)19-29(36-37)28-18-22(10-16-33(38)39)9-15-32(28)41-21-23-5-4-7-26(34)17-23/h2-9,11-15,17-19H,10,16,20-21H2,1H3,(H,38,39). The Balaban J connectivity index is 1.58. The van der Waals surface area contributed by atoms with Gasteiger partial charge in [0, 0.05) is 28.1 Å². The van der Waals surface area contributed by atoms with Crippen molar-refractivity contribution in [2.24, 2.45) is 0 Å². The van der Waals surface area contributed by atoms with Crippen molar-refractivity contribution in [3.05, 3.63) is 125 Å². The van der Waals surface area contributed by atoms with Crippen LogP contribution in [0.5, 0.6) is 11.5 Å². The number of carbonyl (C=O) groups is 1. The van der Waals surface area contributed by atoms with Gasteiger partial charge in [-0.3, -0.25) is 9.48 Å². The average molecular weight is 571 g/mol. The molecule has 0 radical (unpaired) electrons. The molecule has 1 aromatic heterocycles. The van der Waals surface area contributed by atoms with Gasteiger partial charge in [-0.2, -0.15) is 5.10 Å². The SMILES string of the molecule is COc1ccccc1Cn1nc(-c2cc(CCC(=O)O)ccc2OCc2cccc(Cl)c2)cc1-c1ccc(F)cc1. The van der Waals surface area contributed by atoms with Crippen molar-refractivity contribution in [1.82, 2.24) is 9.78 Å². The van der Waals surface area contributed by atoms with Crippen molar-refractivity contribution in [2.75, 3.05) is 7.11 Å². The largest absolute Gasteiger partial charge is 0.496 e. The van der Waals surface area contributed by atoms with Gasteiger partial charge in [-0.15, -0.1) is 0 Å². The molecule has 5 aromatic rings. The van der Waals surface area contributed by atoms with Crippen molar-refractivity contribution in [1.29, 1.82) is 0 Å². The molecule has 208 valence electrons. The molecule has 0 aliphatic heterocycles. The Morgan fingerprint density at radius 1 is 0.927 bits per heavy atom. The highest BCUT2D eigenvalue weighted by Gasteiger charge is 2.18. The van der Waals surface area contributed by atoms with Crippen LogP contribution >= 0.6 is 11.6 Å². The van der Waals surface area contributed by atoms with Crippen LogP contribution in [-0.2, 0) is 24.4 Å². The Morgan fingerprint density at radius 2 is 1.73 bits per heavy atom. The number of para-hydroxylation sites is 1. The second-order valence-electron chi connectivity index (χ2n) is 9.53. The number of aromatic nitrogens is 2. The number of ether oxygens (including phenoxy) is 2. The minimum atomic E-state index is -0.868. The molecule has 0 bridgehead atoms. The van der Waals surface area contributed by atoms with Gasteiger partial charge in [0.2, 0.25) is 0 Å². The molecule has 0 fully saturated rings. The molecule has 0 aliphatic rings. The molecule has 8 heteroatoms. The highest BCUT2D eigenvalue weighted by molar-refractivity contribution is 6.30. The van der Waals surface area contributed by atoms with Crippen molar-refractivity contribution in [3.63, 3.8) is 0 Å². The molecule has 4 aromatic carbocycles. The lowest BCUT2D eigenvalue weighted by atomic mass is 10.0. The minimum Gasteiger partial charge on any atom is -0.496 e. The number of nitrogens with zero attached hydrogens (tertiary/aromatic N) is 2. The van der Waals surface area contributed by atoms with E-state index >= 15 is 0 Å². The molecule has 5 rings (SSSR count). The second kappa shape index (κ2) is 12.7. The first-order chi connectivity index (χ1) is 19.9. The van der Waals surface area contributed by atoms with Crippen LogP contribution in [0.4, 0.5) is 4.39 Å². The van der Waals surface area contributed by atoms with Crippen LogP contribution in [0.1, 0.15) is 23.1 Å². The maximum absolute atomic E-state index is 13.8. The highest BCUT2D eigenvalue weighted by Crippen LogP contribution is 2.35. The first kappa shape index (κ1) is 27.9. The fourth-order valence-electron chi connectivity index (χ4n) is 4.61. The molecule has 0 saturated heterocycles. The number of hydrogen-bond acceptors (Lipinski definition) is 4. The Labute approximate surface area is 242 Å². The molecular formula is C33H28ClFN2O4. The Bertz CT molecular complexity index is 1670.